The Balaban J connectivity index is 1.19. The molecular formula is C24H28N4O3. The van der Waals surface area contributed by atoms with Gasteiger partial charge in [-0.1, -0.05) is 42.5 Å². The van der Waals surface area contributed by atoms with Gasteiger partial charge in [0.25, 0.3) is 0 Å². The number of hydrogen-bond donors (Lipinski definition) is 1. The molecule has 2 aromatic carbocycles. The molecule has 1 saturated heterocycles. The van der Waals surface area contributed by atoms with Gasteiger partial charge < -0.3 is 19.5 Å². The Kier molecular flexibility index (Phi) is 6.50. The van der Waals surface area contributed by atoms with Crippen LogP contribution in [-0.2, 0) is 11.3 Å². The molecule has 0 aliphatic carbocycles. The molecule has 162 valence electrons. The molecule has 2 heterocycles. The summed E-state index contributed by atoms with van der Waals surface area (Å²) in [6.07, 6.45) is 1.98. The van der Waals surface area contributed by atoms with Gasteiger partial charge in [-0.15, -0.1) is 0 Å². The van der Waals surface area contributed by atoms with E-state index in [-0.39, 0.29) is 17.9 Å². The number of fused-ring (bicyclic) bond motifs is 1. The molecule has 3 amide bonds. The van der Waals surface area contributed by atoms with Gasteiger partial charge in [-0.05, 0) is 30.5 Å². The first-order valence-corrected chi connectivity index (χ1v) is 10.8. The van der Waals surface area contributed by atoms with E-state index in [2.05, 4.69) is 10.3 Å². The predicted octanol–water partition coefficient (Wildman–Crippen LogP) is 3.77. The third-order valence-corrected chi connectivity index (χ3v) is 5.73. The molecule has 4 rings (SSSR count). The minimum absolute atomic E-state index is 0.0713. The van der Waals surface area contributed by atoms with Crippen molar-refractivity contribution in [3.05, 3.63) is 66.1 Å². The Hall–Kier alpha value is -3.35. The number of amides is 3. The van der Waals surface area contributed by atoms with Gasteiger partial charge in [0.05, 0.1) is 0 Å². The molecule has 7 heteroatoms. The van der Waals surface area contributed by atoms with E-state index in [1.807, 2.05) is 59.5 Å². The van der Waals surface area contributed by atoms with Gasteiger partial charge in [-0.25, -0.2) is 9.78 Å². The van der Waals surface area contributed by atoms with Crippen molar-refractivity contribution >= 4 is 23.0 Å². The number of benzene rings is 2. The maximum absolute atomic E-state index is 12.5. The number of rotatable bonds is 6. The normalized spacial score (nSPS) is 14.5. The highest BCUT2D eigenvalue weighted by Gasteiger charge is 2.27. The lowest BCUT2D eigenvalue weighted by Gasteiger charge is -2.30. The van der Waals surface area contributed by atoms with Crippen molar-refractivity contribution in [1.29, 1.82) is 0 Å². The highest BCUT2D eigenvalue weighted by atomic mass is 16.3. The van der Waals surface area contributed by atoms with Crippen molar-refractivity contribution in [3.63, 3.8) is 0 Å². The van der Waals surface area contributed by atoms with E-state index in [1.165, 1.54) is 0 Å². The molecule has 0 bridgehead atoms. The molecule has 1 N–H and O–H groups in total. The molecular weight excluding hydrogens is 392 g/mol. The maximum atomic E-state index is 12.5. The zero-order valence-electron chi connectivity index (χ0n) is 17.8. The van der Waals surface area contributed by atoms with Crippen LogP contribution in [-0.4, -0.2) is 53.4 Å². The summed E-state index contributed by atoms with van der Waals surface area (Å²) >= 11 is 0. The largest absolute Gasteiger partial charge is 0.440 e. The van der Waals surface area contributed by atoms with Crippen LogP contribution in [0, 0.1) is 0 Å². The zero-order chi connectivity index (χ0) is 21.6. The fraction of sp³-hybridized carbons (Fsp3) is 0.375. The number of nitrogens with zero attached hydrogens (tertiary/aromatic N) is 3. The quantitative estimate of drug-likeness (QED) is 0.659. The lowest BCUT2D eigenvalue weighted by Crippen LogP contribution is -2.41. The van der Waals surface area contributed by atoms with Crippen LogP contribution in [0.3, 0.4) is 0 Å². The van der Waals surface area contributed by atoms with Crippen LogP contribution in [0.2, 0.25) is 0 Å². The van der Waals surface area contributed by atoms with Crippen LogP contribution in [0.4, 0.5) is 4.79 Å². The van der Waals surface area contributed by atoms with Gasteiger partial charge in [0.15, 0.2) is 11.5 Å². The number of carbonyl (C=O) groups excluding carboxylic acids is 2. The molecule has 0 radical (unpaired) electrons. The third kappa shape index (κ3) is 5.23. The Labute approximate surface area is 182 Å². The van der Waals surface area contributed by atoms with Crippen molar-refractivity contribution in [3.8, 4) is 0 Å². The molecule has 0 saturated carbocycles. The SMILES string of the molecule is CN(Cc1ccccc1)C(=O)NCCC(=O)N1CCC(c2nc3ccccc3o2)CC1. The molecule has 1 aliphatic rings. The number of aromatic nitrogens is 1. The van der Waals surface area contributed by atoms with Gasteiger partial charge in [0.2, 0.25) is 5.91 Å². The van der Waals surface area contributed by atoms with E-state index in [9.17, 15) is 9.59 Å². The lowest BCUT2D eigenvalue weighted by molar-refractivity contribution is -0.132. The molecule has 31 heavy (non-hydrogen) atoms. The average Bonchev–Trinajstić information content (AvgIpc) is 3.24. The number of urea groups is 1. The van der Waals surface area contributed by atoms with E-state index in [0.29, 0.717) is 32.6 Å². The smallest absolute Gasteiger partial charge is 0.317 e. The third-order valence-electron chi connectivity index (χ3n) is 5.73. The highest BCUT2D eigenvalue weighted by Crippen LogP contribution is 2.30. The van der Waals surface area contributed by atoms with Crippen LogP contribution in [0.15, 0.2) is 59.0 Å². The second-order valence-corrected chi connectivity index (χ2v) is 8.00. The van der Waals surface area contributed by atoms with Gasteiger partial charge in [0, 0.05) is 45.6 Å². The molecule has 0 spiro atoms. The summed E-state index contributed by atoms with van der Waals surface area (Å²) < 4.78 is 5.89. The van der Waals surface area contributed by atoms with Crippen molar-refractivity contribution in [1.82, 2.24) is 20.1 Å². The monoisotopic (exact) mass is 420 g/mol. The number of piperidine rings is 1. The van der Waals surface area contributed by atoms with Crippen molar-refractivity contribution in [2.24, 2.45) is 0 Å². The Morgan fingerprint density at radius 1 is 1.10 bits per heavy atom. The number of para-hydroxylation sites is 2. The predicted molar refractivity (Wildman–Crippen MR) is 118 cm³/mol. The number of oxazole rings is 1. The summed E-state index contributed by atoms with van der Waals surface area (Å²) in [6, 6.07) is 17.4. The van der Waals surface area contributed by atoms with Crippen molar-refractivity contribution < 1.29 is 14.0 Å². The lowest BCUT2D eigenvalue weighted by atomic mass is 9.96. The van der Waals surface area contributed by atoms with Crippen LogP contribution >= 0.6 is 0 Å². The minimum Gasteiger partial charge on any atom is -0.440 e. The second kappa shape index (κ2) is 9.64. The van der Waals surface area contributed by atoms with E-state index in [0.717, 1.165) is 35.4 Å². The molecule has 0 unspecified atom stereocenters. The summed E-state index contributed by atoms with van der Waals surface area (Å²) in [4.78, 5) is 32.9. The van der Waals surface area contributed by atoms with E-state index < -0.39 is 0 Å². The number of likely N-dealkylation sites (tertiary alicyclic amines) is 1. The maximum Gasteiger partial charge on any atom is 0.317 e. The fourth-order valence-corrected chi connectivity index (χ4v) is 3.94. The Morgan fingerprint density at radius 2 is 1.81 bits per heavy atom. The molecule has 1 aromatic heterocycles. The van der Waals surface area contributed by atoms with Gasteiger partial charge >= 0.3 is 6.03 Å². The van der Waals surface area contributed by atoms with Gasteiger partial charge in [0.1, 0.15) is 5.52 Å². The van der Waals surface area contributed by atoms with E-state index in [1.54, 1.807) is 11.9 Å². The van der Waals surface area contributed by atoms with E-state index >= 15 is 0 Å². The number of nitrogens with one attached hydrogen (secondary N) is 1. The highest BCUT2D eigenvalue weighted by molar-refractivity contribution is 5.78. The molecule has 7 nitrogen and oxygen atoms in total. The fourth-order valence-electron chi connectivity index (χ4n) is 3.94. The average molecular weight is 421 g/mol. The van der Waals surface area contributed by atoms with Crippen LogP contribution < -0.4 is 5.32 Å². The first-order chi connectivity index (χ1) is 15.1. The van der Waals surface area contributed by atoms with Crippen molar-refractivity contribution in [2.75, 3.05) is 26.7 Å². The number of carbonyl (C=O) groups is 2. The van der Waals surface area contributed by atoms with Crippen LogP contribution in [0.1, 0.15) is 36.6 Å². The topological polar surface area (TPSA) is 78.7 Å². The minimum atomic E-state index is -0.175. The molecule has 1 aliphatic heterocycles. The van der Waals surface area contributed by atoms with Crippen LogP contribution in [0.25, 0.3) is 11.1 Å². The first kappa shape index (κ1) is 20.9. The molecule has 0 atom stereocenters. The van der Waals surface area contributed by atoms with Crippen molar-refractivity contribution in [2.45, 2.75) is 31.7 Å². The second-order valence-electron chi connectivity index (χ2n) is 8.00. The molecule has 3 aromatic rings. The summed E-state index contributed by atoms with van der Waals surface area (Å²) in [5.41, 5.74) is 2.76. The summed E-state index contributed by atoms with van der Waals surface area (Å²) in [5.74, 6) is 1.08. The van der Waals surface area contributed by atoms with Gasteiger partial charge in [-0.2, -0.15) is 0 Å². The summed E-state index contributed by atoms with van der Waals surface area (Å²) in [7, 11) is 1.75. The van der Waals surface area contributed by atoms with E-state index in [4.69, 9.17) is 4.42 Å². The number of hydrogen-bond acceptors (Lipinski definition) is 4. The molecule has 1 fully saturated rings. The van der Waals surface area contributed by atoms with Gasteiger partial charge in [-0.3, -0.25) is 4.79 Å². The summed E-state index contributed by atoms with van der Waals surface area (Å²) in [6.45, 7) is 2.24. The standard InChI is InChI=1S/C24H28N4O3/c1-27(17-18-7-3-2-4-8-18)24(30)25-14-11-22(29)28-15-12-19(13-16-28)23-26-20-9-5-6-10-21(20)31-23/h2-10,19H,11-17H2,1H3,(H,25,30). The Morgan fingerprint density at radius 3 is 2.55 bits per heavy atom. The van der Waals surface area contributed by atoms with Crippen LogP contribution in [0.5, 0.6) is 0 Å². The Bertz CT molecular complexity index is 992. The first-order valence-electron chi connectivity index (χ1n) is 10.8. The summed E-state index contributed by atoms with van der Waals surface area (Å²) in [5, 5.41) is 2.84. The zero-order valence-corrected chi connectivity index (χ0v) is 17.8.